The Kier molecular flexibility index (Phi) is 4.01. The van der Waals surface area contributed by atoms with Crippen LogP contribution in [0.3, 0.4) is 0 Å². The summed E-state index contributed by atoms with van der Waals surface area (Å²) in [5.74, 6) is 1.64. The molecule has 18 heavy (non-hydrogen) atoms. The molecule has 1 aromatic heterocycles. The molecule has 0 atom stereocenters. The summed E-state index contributed by atoms with van der Waals surface area (Å²) in [6, 6.07) is 1.92. The van der Waals surface area contributed by atoms with E-state index in [0.29, 0.717) is 5.41 Å². The molecular formula is C13H22N4O. The van der Waals surface area contributed by atoms with Gasteiger partial charge >= 0.3 is 0 Å². The van der Waals surface area contributed by atoms with Crippen molar-refractivity contribution in [2.24, 2.45) is 5.41 Å². The number of aromatic nitrogens is 2. The van der Waals surface area contributed by atoms with Crippen molar-refractivity contribution in [3.8, 4) is 0 Å². The molecule has 1 heterocycles. The maximum absolute atomic E-state index is 5.16. The number of rotatable bonds is 7. The molecule has 5 nitrogen and oxygen atoms in total. The minimum absolute atomic E-state index is 0.430. The van der Waals surface area contributed by atoms with E-state index in [1.54, 1.807) is 13.3 Å². The number of hydrogen-bond donors (Lipinski definition) is 1. The lowest BCUT2D eigenvalue weighted by Crippen LogP contribution is -2.19. The van der Waals surface area contributed by atoms with Gasteiger partial charge in [0.15, 0.2) is 0 Å². The third-order valence-electron chi connectivity index (χ3n) is 3.48. The molecule has 0 bridgehead atoms. The Morgan fingerprint density at radius 1 is 1.44 bits per heavy atom. The highest BCUT2D eigenvalue weighted by Gasteiger charge is 2.41. The van der Waals surface area contributed by atoms with Gasteiger partial charge in [-0.2, -0.15) is 4.98 Å². The lowest BCUT2D eigenvalue weighted by molar-refractivity contribution is 0.175. The molecule has 0 aliphatic heterocycles. The summed E-state index contributed by atoms with van der Waals surface area (Å²) in [4.78, 5) is 10.6. The van der Waals surface area contributed by atoms with Crippen molar-refractivity contribution in [1.29, 1.82) is 0 Å². The van der Waals surface area contributed by atoms with Crippen molar-refractivity contribution in [2.75, 3.05) is 44.6 Å². The summed E-state index contributed by atoms with van der Waals surface area (Å²) in [5.41, 5.74) is 0.430. The second-order valence-electron chi connectivity index (χ2n) is 5.23. The Hall–Kier alpha value is -1.36. The topological polar surface area (TPSA) is 50.3 Å². The Balaban J connectivity index is 1.88. The van der Waals surface area contributed by atoms with Crippen LogP contribution in [0.1, 0.15) is 19.3 Å². The van der Waals surface area contributed by atoms with Gasteiger partial charge in [-0.3, -0.25) is 0 Å². The van der Waals surface area contributed by atoms with Gasteiger partial charge < -0.3 is 15.0 Å². The van der Waals surface area contributed by atoms with Gasteiger partial charge in [0.1, 0.15) is 5.82 Å². The summed E-state index contributed by atoms with van der Waals surface area (Å²) in [6.07, 6.45) is 5.49. The normalized spacial score (nSPS) is 16.4. The van der Waals surface area contributed by atoms with Gasteiger partial charge in [0.05, 0.1) is 0 Å². The third-order valence-corrected chi connectivity index (χ3v) is 3.48. The van der Waals surface area contributed by atoms with Crippen molar-refractivity contribution >= 4 is 11.8 Å². The summed E-state index contributed by atoms with van der Waals surface area (Å²) < 4.78 is 5.16. The van der Waals surface area contributed by atoms with E-state index < -0.39 is 0 Å². The number of anilines is 2. The third kappa shape index (κ3) is 3.32. The zero-order valence-electron chi connectivity index (χ0n) is 11.4. The highest BCUT2D eigenvalue weighted by molar-refractivity contribution is 5.40. The Morgan fingerprint density at radius 2 is 2.22 bits per heavy atom. The van der Waals surface area contributed by atoms with Crippen LogP contribution >= 0.6 is 0 Å². The monoisotopic (exact) mass is 250 g/mol. The molecule has 100 valence electrons. The average Bonchev–Trinajstić information content (AvgIpc) is 3.15. The van der Waals surface area contributed by atoms with Crippen LogP contribution in [0.5, 0.6) is 0 Å². The van der Waals surface area contributed by atoms with Crippen LogP contribution in [0, 0.1) is 5.41 Å². The Labute approximate surface area is 109 Å². The lowest BCUT2D eigenvalue weighted by Gasteiger charge is -2.17. The zero-order valence-corrected chi connectivity index (χ0v) is 11.4. The maximum Gasteiger partial charge on any atom is 0.226 e. The molecule has 0 spiro atoms. The van der Waals surface area contributed by atoms with Crippen LogP contribution in [0.4, 0.5) is 11.8 Å². The van der Waals surface area contributed by atoms with Crippen molar-refractivity contribution in [3.63, 3.8) is 0 Å². The summed E-state index contributed by atoms with van der Waals surface area (Å²) >= 11 is 0. The molecule has 1 N–H and O–H groups in total. The van der Waals surface area contributed by atoms with Gasteiger partial charge in [0.25, 0.3) is 0 Å². The first-order valence-electron chi connectivity index (χ1n) is 6.38. The van der Waals surface area contributed by atoms with Gasteiger partial charge in [0, 0.05) is 40.6 Å². The molecule has 0 aromatic carbocycles. The predicted octanol–water partition coefficient (Wildman–Crippen LogP) is 1.77. The van der Waals surface area contributed by atoms with Crippen molar-refractivity contribution in [2.45, 2.75) is 19.3 Å². The van der Waals surface area contributed by atoms with E-state index in [1.165, 1.54) is 12.8 Å². The van der Waals surface area contributed by atoms with Crippen LogP contribution in [0.15, 0.2) is 12.3 Å². The fourth-order valence-electron chi connectivity index (χ4n) is 1.95. The van der Waals surface area contributed by atoms with Crippen LogP contribution in [0.25, 0.3) is 0 Å². The van der Waals surface area contributed by atoms with E-state index in [-0.39, 0.29) is 0 Å². The Morgan fingerprint density at radius 3 is 2.83 bits per heavy atom. The van der Waals surface area contributed by atoms with Crippen LogP contribution < -0.4 is 10.2 Å². The van der Waals surface area contributed by atoms with Gasteiger partial charge in [0.2, 0.25) is 5.95 Å². The first-order valence-corrected chi connectivity index (χ1v) is 6.38. The van der Waals surface area contributed by atoms with Crippen molar-refractivity contribution < 1.29 is 4.74 Å². The highest BCUT2D eigenvalue weighted by Crippen LogP contribution is 2.48. The highest BCUT2D eigenvalue weighted by atomic mass is 16.5. The van der Waals surface area contributed by atoms with E-state index >= 15 is 0 Å². The van der Waals surface area contributed by atoms with Gasteiger partial charge in [-0.25, -0.2) is 4.98 Å². The van der Waals surface area contributed by atoms with Crippen molar-refractivity contribution in [1.82, 2.24) is 9.97 Å². The molecule has 0 saturated heterocycles. The molecule has 1 aliphatic carbocycles. The molecule has 0 amide bonds. The molecule has 1 fully saturated rings. The Bertz CT molecular complexity index is 390. The van der Waals surface area contributed by atoms with Crippen LogP contribution in [-0.2, 0) is 4.74 Å². The van der Waals surface area contributed by atoms with E-state index in [0.717, 1.165) is 31.3 Å². The minimum Gasteiger partial charge on any atom is -0.385 e. The minimum atomic E-state index is 0.430. The number of hydrogen-bond acceptors (Lipinski definition) is 5. The molecular weight excluding hydrogens is 228 g/mol. The smallest absolute Gasteiger partial charge is 0.226 e. The van der Waals surface area contributed by atoms with E-state index in [9.17, 15) is 0 Å². The number of ether oxygens (including phenoxy) is 1. The summed E-state index contributed by atoms with van der Waals surface area (Å²) in [5, 5.41) is 3.42. The predicted molar refractivity (Wildman–Crippen MR) is 73.0 cm³/mol. The van der Waals surface area contributed by atoms with Crippen LogP contribution in [-0.4, -0.2) is 44.3 Å². The number of nitrogens with one attached hydrogen (secondary N) is 1. The molecule has 5 heteroatoms. The molecule has 1 aromatic rings. The van der Waals surface area contributed by atoms with Crippen molar-refractivity contribution in [3.05, 3.63) is 12.3 Å². The number of nitrogens with zero attached hydrogens (tertiary/aromatic N) is 3. The standard InChI is InChI=1S/C13H22N4O/c1-17(2)12-14-8-4-11(16-12)15-10-13(5-6-13)7-9-18-3/h4,8H,5-7,9-10H2,1-3H3,(H,14,15,16). The average molecular weight is 250 g/mol. The van der Waals surface area contributed by atoms with Gasteiger partial charge in [-0.05, 0) is 30.7 Å². The fourth-order valence-corrected chi connectivity index (χ4v) is 1.95. The molecule has 1 aliphatic rings. The lowest BCUT2D eigenvalue weighted by atomic mass is 10.0. The van der Waals surface area contributed by atoms with Gasteiger partial charge in [-0.15, -0.1) is 0 Å². The van der Waals surface area contributed by atoms with Crippen LogP contribution in [0.2, 0.25) is 0 Å². The van der Waals surface area contributed by atoms with E-state index in [4.69, 9.17) is 4.74 Å². The molecule has 1 saturated carbocycles. The first-order chi connectivity index (χ1) is 8.65. The first kappa shape index (κ1) is 13.1. The second-order valence-corrected chi connectivity index (χ2v) is 5.23. The van der Waals surface area contributed by atoms with Gasteiger partial charge in [-0.1, -0.05) is 0 Å². The quantitative estimate of drug-likeness (QED) is 0.799. The largest absolute Gasteiger partial charge is 0.385 e. The summed E-state index contributed by atoms with van der Waals surface area (Å²) in [6.45, 7) is 1.81. The molecule has 2 rings (SSSR count). The maximum atomic E-state index is 5.16. The fraction of sp³-hybridized carbons (Fsp3) is 0.692. The molecule has 0 radical (unpaired) electrons. The van der Waals surface area contributed by atoms with E-state index in [1.807, 2.05) is 25.1 Å². The number of methoxy groups -OCH3 is 1. The van der Waals surface area contributed by atoms with E-state index in [2.05, 4.69) is 15.3 Å². The zero-order chi connectivity index (χ0) is 13.0. The molecule has 0 unspecified atom stereocenters. The second kappa shape index (κ2) is 5.52. The SMILES string of the molecule is COCCC1(CNc2ccnc(N(C)C)n2)CC1. The summed E-state index contributed by atoms with van der Waals surface area (Å²) in [7, 11) is 5.65.